The van der Waals surface area contributed by atoms with Crippen LogP contribution in [0, 0.1) is 0 Å². The summed E-state index contributed by atoms with van der Waals surface area (Å²) in [6, 6.07) is -0.261. The van der Waals surface area contributed by atoms with Crippen molar-refractivity contribution in [1.29, 1.82) is 0 Å². The first-order chi connectivity index (χ1) is 23.0. The van der Waals surface area contributed by atoms with Crippen molar-refractivity contribution in [3.63, 3.8) is 0 Å². The van der Waals surface area contributed by atoms with E-state index in [2.05, 4.69) is 25.8 Å². The van der Waals surface area contributed by atoms with Crippen molar-refractivity contribution in [3.8, 4) is 5.75 Å². The van der Waals surface area contributed by atoms with Crippen molar-refractivity contribution in [1.82, 2.24) is 30.1 Å². The van der Waals surface area contributed by atoms with E-state index in [9.17, 15) is 48.9 Å². The van der Waals surface area contributed by atoms with Crippen molar-refractivity contribution >= 4 is 74.6 Å². The van der Waals surface area contributed by atoms with Gasteiger partial charge in [0, 0.05) is 36.5 Å². The number of aromatic nitrogens is 3. The van der Waals surface area contributed by atoms with Crippen LogP contribution in [-0.4, -0.2) is 99.4 Å². The molecule has 0 saturated carbocycles. The van der Waals surface area contributed by atoms with Gasteiger partial charge in [0.15, 0.2) is 16.6 Å². The van der Waals surface area contributed by atoms with Crippen molar-refractivity contribution in [2.24, 2.45) is 5.16 Å². The molecule has 0 aliphatic carbocycles. The number of pyridine rings is 2. The minimum atomic E-state index is -1.83. The largest absolute Gasteiger partial charge is 0.503 e. The molecule has 5 rings (SSSR count). The Labute approximate surface area is 282 Å². The Bertz CT molecular complexity index is 2120. The highest BCUT2D eigenvalue weighted by Crippen LogP contribution is 2.40. The number of carbonyl (C=O) groups excluding carboxylic acids is 3. The second-order valence-electron chi connectivity index (χ2n) is 11.1. The normalized spacial score (nSPS) is 17.7. The number of amides is 3. The Balaban J connectivity index is 1.35. The number of hydrogen-bond donors (Lipinski definition) is 7. The zero-order valence-electron chi connectivity index (χ0n) is 25.8. The fraction of sp³-hybridized carbons (Fsp3) is 0.321. The summed E-state index contributed by atoms with van der Waals surface area (Å²) in [5.41, 5.74) is 1.22. The third kappa shape index (κ3) is 6.44. The molecule has 2 atom stereocenters. The Hall–Kier alpha value is -5.70. The van der Waals surface area contributed by atoms with Gasteiger partial charge in [-0.2, -0.15) is 0 Å². The van der Waals surface area contributed by atoms with Crippen molar-refractivity contribution in [3.05, 3.63) is 60.7 Å². The Morgan fingerprint density at radius 3 is 2.55 bits per heavy atom. The molecule has 1 fully saturated rings. The molecule has 0 spiro atoms. The van der Waals surface area contributed by atoms with E-state index in [1.165, 1.54) is 30.0 Å². The van der Waals surface area contributed by atoms with Crippen LogP contribution in [0.25, 0.3) is 11.0 Å². The first-order valence-electron chi connectivity index (χ1n) is 14.2. The molecule has 3 amide bonds. The highest BCUT2D eigenvalue weighted by molar-refractivity contribution is 8.00. The number of β-lactam (4-membered cyclic amide) rings is 1. The molecule has 1 saturated heterocycles. The lowest BCUT2D eigenvalue weighted by atomic mass is 10.0. The second kappa shape index (κ2) is 13.1. The number of H-pyrrole nitrogens is 1. The lowest BCUT2D eigenvalue weighted by molar-refractivity contribution is -0.161. The SMILES string of the molecule is CCn1cc(C(=O)NCC2=C(C(=O)O)N3C(=O)[C@@H](NC(=O)/C(=N\OC(C)(C)C(=O)O)c4csc(N)n4)[C@H]3SC2)c(=O)c2cc(O)c(=O)[nH]c21. The van der Waals surface area contributed by atoms with Crippen LogP contribution in [-0.2, 0) is 30.6 Å². The summed E-state index contributed by atoms with van der Waals surface area (Å²) >= 11 is 2.07. The summed E-state index contributed by atoms with van der Waals surface area (Å²) in [5.74, 6) is -6.17. The number of aliphatic carboxylic acids is 2. The van der Waals surface area contributed by atoms with Gasteiger partial charge in [-0.3, -0.25) is 28.9 Å². The van der Waals surface area contributed by atoms with Crippen LogP contribution in [0.15, 0.2) is 43.7 Å². The summed E-state index contributed by atoms with van der Waals surface area (Å²) in [6.07, 6.45) is 1.22. The maximum Gasteiger partial charge on any atom is 0.352 e. The summed E-state index contributed by atoms with van der Waals surface area (Å²) in [7, 11) is 0. The number of carbonyl (C=O) groups is 5. The number of oxime groups is 1. The molecule has 3 aromatic rings. The molecule has 21 heteroatoms. The standard InChI is InChI=1S/C28H28N8O11S2/c1-4-35-7-12(18(38)11-5-14(37)21(40)33-19(11)35)20(39)30-6-10-8-48-24-16(23(42)36(24)17(10)25(43)44)32-22(41)15(13-9-49-27(29)31-13)34-47-28(2,3)26(45)46/h5,7,9,16,24,37H,4,6,8H2,1-3H3,(H2,29,31)(H,30,39)(H,32,41)(H,33,40)(H,43,44)(H,45,46)/b34-15-/t16-,24-/m1/s1. The number of nitrogens with zero attached hydrogens (tertiary/aromatic N) is 4. The van der Waals surface area contributed by atoms with Crippen LogP contribution >= 0.6 is 23.1 Å². The smallest absolute Gasteiger partial charge is 0.352 e. The fourth-order valence-electron chi connectivity index (χ4n) is 4.85. The first-order valence-corrected chi connectivity index (χ1v) is 16.2. The zero-order chi connectivity index (χ0) is 35.9. The molecule has 0 radical (unpaired) electrons. The van der Waals surface area contributed by atoms with Crippen LogP contribution in [0.2, 0.25) is 0 Å². The Kier molecular flexibility index (Phi) is 9.24. The summed E-state index contributed by atoms with van der Waals surface area (Å²) in [5, 5.41) is 38.3. The van der Waals surface area contributed by atoms with Crippen LogP contribution < -0.4 is 27.4 Å². The lowest BCUT2D eigenvalue weighted by Crippen LogP contribution is -2.71. The molecule has 8 N–H and O–H groups in total. The van der Waals surface area contributed by atoms with E-state index >= 15 is 0 Å². The molecule has 49 heavy (non-hydrogen) atoms. The van der Waals surface area contributed by atoms with E-state index in [4.69, 9.17) is 10.6 Å². The number of nitrogen functional groups attached to an aromatic ring is 1. The predicted octanol–water partition coefficient (Wildman–Crippen LogP) is -0.793. The average molecular weight is 717 g/mol. The number of aromatic hydroxyl groups is 1. The van der Waals surface area contributed by atoms with Gasteiger partial charge in [0.1, 0.15) is 34.0 Å². The quantitative estimate of drug-likeness (QED) is 0.0727. The molecular formula is C28H28N8O11S2. The molecule has 2 aliphatic rings. The van der Waals surface area contributed by atoms with Crippen LogP contribution in [0.1, 0.15) is 36.8 Å². The van der Waals surface area contributed by atoms with Crippen molar-refractivity contribution in [2.75, 3.05) is 18.0 Å². The molecule has 3 aromatic heterocycles. The van der Waals surface area contributed by atoms with Crippen molar-refractivity contribution < 1.29 is 44.1 Å². The summed E-state index contributed by atoms with van der Waals surface area (Å²) in [6.45, 7) is 3.99. The third-order valence-corrected chi connectivity index (χ3v) is 9.52. The van der Waals surface area contributed by atoms with Gasteiger partial charge in [-0.15, -0.1) is 23.1 Å². The molecule has 5 heterocycles. The number of thioether (sulfide) groups is 1. The molecule has 0 aromatic carbocycles. The maximum atomic E-state index is 13.3. The topological polar surface area (TPSA) is 289 Å². The molecular weight excluding hydrogens is 688 g/mol. The predicted molar refractivity (Wildman–Crippen MR) is 174 cm³/mol. The monoisotopic (exact) mass is 716 g/mol. The van der Waals surface area contributed by atoms with E-state index in [1.54, 1.807) is 6.92 Å². The molecule has 258 valence electrons. The van der Waals surface area contributed by atoms with Gasteiger partial charge >= 0.3 is 11.9 Å². The van der Waals surface area contributed by atoms with Gasteiger partial charge in [-0.25, -0.2) is 14.6 Å². The molecule has 2 aliphatic heterocycles. The fourth-order valence-corrected chi connectivity index (χ4v) is 6.75. The Morgan fingerprint density at radius 1 is 1.22 bits per heavy atom. The second-order valence-corrected chi connectivity index (χ2v) is 13.1. The van der Waals surface area contributed by atoms with Gasteiger partial charge in [0.25, 0.3) is 23.3 Å². The van der Waals surface area contributed by atoms with E-state index < -0.39 is 74.8 Å². The van der Waals surface area contributed by atoms with Gasteiger partial charge in [-0.1, -0.05) is 5.16 Å². The van der Waals surface area contributed by atoms with Crippen LogP contribution in [0.5, 0.6) is 5.75 Å². The third-order valence-electron chi connectivity index (χ3n) is 7.51. The summed E-state index contributed by atoms with van der Waals surface area (Å²) < 4.78 is 1.43. The van der Waals surface area contributed by atoms with Crippen molar-refractivity contribution in [2.45, 2.75) is 44.3 Å². The van der Waals surface area contributed by atoms with Crippen LogP contribution in [0.4, 0.5) is 5.13 Å². The number of rotatable bonds is 11. The van der Waals surface area contributed by atoms with E-state index in [1.807, 2.05) is 0 Å². The Morgan fingerprint density at radius 2 is 1.94 bits per heavy atom. The number of anilines is 1. The molecule has 0 unspecified atom stereocenters. The van der Waals surface area contributed by atoms with E-state index in [0.29, 0.717) is 0 Å². The van der Waals surface area contributed by atoms with Gasteiger partial charge in [-0.05, 0) is 26.3 Å². The highest BCUT2D eigenvalue weighted by Gasteiger charge is 2.54. The number of nitrogens with one attached hydrogen (secondary N) is 3. The minimum Gasteiger partial charge on any atom is -0.503 e. The number of aryl methyl sites for hydroxylation is 1. The highest BCUT2D eigenvalue weighted by atomic mass is 32.2. The average Bonchev–Trinajstić information content (AvgIpc) is 3.48. The summed E-state index contributed by atoms with van der Waals surface area (Å²) in [4.78, 5) is 101. The zero-order valence-corrected chi connectivity index (χ0v) is 27.4. The number of nitrogens with two attached hydrogens (primary N) is 1. The lowest BCUT2D eigenvalue weighted by Gasteiger charge is -2.49. The van der Waals surface area contributed by atoms with Crippen LogP contribution in [0.3, 0.4) is 0 Å². The molecule has 0 bridgehead atoms. The number of aromatic amines is 1. The molecule has 19 nitrogen and oxygen atoms in total. The van der Waals surface area contributed by atoms with Gasteiger partial charge in [0.2, 0.25) is 11.0 Å². The first kappa shape index (κ1) is 34.6. The van der Waals surface area contributed by atoms with E-state index in [-0.39, 0.29) is 51.8 Å². The van der Waals surface area contributed by atoms with Gasteiger partial charge < -0.3 is 46.1 Å². The van der Waals surface area contributed by atoms with Gasteiger partial charge in [0.05, 0.1) is 5.39 Å². The number of carboxylic acid groups (broad SMARTS) is 2. The number of fused-ring (bicyclic) bond motifs is 2. The minimum absolute atomic E-state index is 0.00817. The number of hydrogen-bond acceptors (Lipinski definition) is 14. The maximum absolute atomic E-state index is 13.3. The number of carboxylic acids is 2. The van der Waals surface area contributed by atoms with E-state index in [0.717, 1.165) is 34.1 Å². The number of thiazole rings is 1.